The summed E-state index contributed by atoms with van der Waals surface area (Å²) in [5.41, 5.74) is 10.1. The van der Waals surface area contributed by atoms with Gasteiger partial charge in [0, 0.05) is 22.9 Å². The van der Waals surface area contributed by atoms with E-state index in [0.29, 0.717) is 17.1 Å². The van der Waals surface area contributed by atoms with Gasteiger partial charge < -0.3 is 15.2 Å². The number of aromatic nitrogens is 3. The van der Waals surface area contributed by atoms with E-state index in [1.54, 1.807) is 6.07 Å². The molecule has 0 bridgehead atoms. The van der Waals surface area contributed by atoms with Gasteiger partial charge in [-0.05, 0) is 40.8 Å². The summed E-state index contributed by atoms with van der Waals surface area (Å²) in [4.78, 5) is 11.6. The second kappa shape index (κ2) is 9.11. The molecule has 0 aliphatic carbocycles. The van der Waals surface area contributed by atoms with Crippen LogP contribution in [-0.4, -0.2) is 27.5 Å². The fourth-order valence-electron chi connectivity index (χ4n) is 3.89. The molecule has 0 radical (unpaired) electrons. The van der Waals surface area contributed by atoms with E-state index < -0.39 is 5.91 Å². The molecule has 1 aliphatic heterocycles. The minimum absolute atomic E-state index is 0.0595. The van der Waals surface area contributed by atoms with Gasteiger partial charge in [0.1, 0.15) is 0 Å². The Labute approximate surface area is 208 Å². The first kappa shape index (κ1) is 23.0. The van der Waals surface area contributed by atoms with Crippen molar-refractivity contribution in [3.05, 3.63) is 83.4 Å². The van der Waals surface area contributed by atoms with E-state index in [4.69, 9.17) is 15.2 Å². The molecular formula is C27H26N4O3S. The van der Waals surface area contributed by atoms with Crippen LogP contribution in [0.4, 0.5) is 0 Å². The van der Waals surface area contributed by atoms with Gasteiger partial charge >= 0.3 is 0 Å². The van der Waals surface area contributed by atoms with Crippen LogP contribution >= 0.6 is 11.8 Å². The van der Waals surface area contributed by atoms with Crippen LogP contribution in [0.3, 0.4) is 0 Å². The molecule has 35 heavy (non-hydrogen) atoms. The van der Waals surface area contributed by atoms with E-state index in [-0.39, 0.29) is 12.2 Å². The lowest BCUT2D eigenvalue weighted by Gasteiger charge is -2.19. The monoisotopic (exact) mass is 486 g/mol. The quantitative estimate of drug-likeness (QED) is 0.369. The molecule has 0 spiro atoms. The zero-order valence-electron chi connectivity index (χ0n) is 19.8. The zero-order chi connectivity index (χ0) is 24.6. The van der Waals surface area contributed by atoms with E-state index in [2.05, 4.69) is 55.2 Å². The zero-order valence-corrected chi connectivity index (χ0v) is 20.6. The summed E-state index contributed by atoms with van der Waals surface area (Å²) in [7, 11) is 0. The Morgan fingerprint density at radius 3 is 2.51 bits per heavy atom. The van der Waals surface area contributed by atoms with Crippen molar-refractivity contribution in [2.24, 2.45) is 5.73 Å². The highest BCUT2D eigenvalue weighted by molar-refractivity contribution is 7.98. The highest BCUT2D eigenvalue weighted by Crippen LogP contribution is 2.37. The first-order valence-electron chi connectivity index (χ1n) is 11.3. The van der Waals surface area contributed by atoms with Crippen LogP contribution in [0.1, 0.15) is 42.3 Å². The number of carbonyl (C=O) groups excluding carboxylic acids is 1. The van der Waals surface area contributed by atoms with E-state index in [0.717, 1.165) is 33.5 Å². The van der Waals surface area contributed by atoms with Crippen LogP contribution < -0.4 is 15.2 Å². The molecule has 0 atom stereocenters. The maximum atomic E-state index is 11.6. The molecule has 0 saturated heterocycles. The fourth-order valence-corrected chi connectivity index (χ4v) is 4.78. The molecule has 1 amide bonds. The van der Waals surface area contributed by atoms with Gasteiger partial charge in [-0.25, -0.2) is 0 Å². The summed E-state index contributed by atoms with van der Waals surface area (Å²) in [6, 6.07) is 21.6. The largest absolute Gasteiger partial charge is 0.454 e. The van der Waals surface area contributed by atoms with E-state index >= 15 is 0 Å². The Morgan fingerprint density at radius 1 is 1.00 bits per heavy atom. The third-order valence-electron chi connectivity index (χ3n) is 5.84. The Hall–Kier alpha value is -3.78. The molecule has 7 nitrogen and oxygen atoms in total. The van der Waals surface area contributed by atoms with Crippen LogP contribution in [0.5, 0.6) is 11.5 Å². The maximum Gasteiger partial charge on any atom is 0.248 e. The Morgan fingerprint density at radius 2 is 1.77 bits per heavy atom. The number of hydrogen-bond donors (Lipinski definition) is 1. The third-order valence-corrected chi connectivity index (χ3v) is 6.84. The second-order valence-corrected chi connectivity index (χ2v) is 10.3. The topological polar surface area (TPSA) is 92.3 Å². The Balaban J connectivity index is 1.53. The van der Waals surface area contributed by atoms with Crippen LogP contribution in [-0.2, 0) is 11.2 Å². The number of ether oxygens (including phenoxy) is 2. The minimum atomic E-state index is -0.443. The average Bonchev–Trinajstić information content (AvgIpc) is 3.49. The van der Waals surface area contributed by atoms with Gasteiger partial charge in [0.25, 0.3) is 0 Å². The van der Waals surface area contributed by atoms with Gasteiger partial charge in [-0.15, -0.1) is 10.2 Å². The van der Waals surface area contributed by atoms with E-state index in [1.165, 1.54) is 17.3 Å². The lowest BCUT2D eigenvalue weighted by atomic mass is 9.87. The number of thioether (sulfide) groups is 1. The predicted molar refractivity (Wildman–Crippen MR) is 136 cm³/mol. The summed E-state index contributed by atoms with van der Waals surface area (Å²) in [6.07, 6.45) is 0. The molecule has 0 unspecified atom stereocenters. The average molecular weight is 487 g/mol. The predicted octanol–water partition coefficient (Wildman–Crippen LogP) is 5.35. The van der Waals surface area contributed by atoms with Crippen molar-refractivity contribution >= 4 is 17.7 Å². The molecule has 8 heteroatoms. The summed E-state index contributed by atoms with van der Waals surface area (Å²) < 4.78 is 13.1. The van der Waals surface area contributed by atoms with Crippen molar-refractivity contribution in [3.63, 3.8) is 0 Å². The molecular weight excluding hydrogens is 460 g/mol. The molecule has 2 heterocycles. The van der Waals surface area contributed by atoms with Crippen LogP contribution in [0.25, 0.3) is 17.1 Å². The van der Waals surface area contributed by atoms with Crippen molar-refractivity contribution in [2.75, 3.05) is 6.79 Å². The van der Waals surface area contributed by atoms with Crippen molar-refractivity contribution in [1.29, 1.82) is 0 Å². The molecule has 3 aromatic carbocycles. The first-order valence-corrected chi connectivity index (χ1v) is 12.3. The summed E-state index contributed by atoms with van der Waals surface area (Å²) in [6.45, 7) is 6.79. The highest BCUT2D eigenvalue weighted by Gasteiger charge is 2.21. The highest BCUT2D eigenvalue weighted by atomic mass is 32.2. The number of amides is 1. The first-order chi connectivity index (χ1) is 16.8. The van der Waals surface area contributed by atoms with Crippen molar-refractivity contribution in [2.45, 2.75) is 37.1 Å². The number of benzene rings is 3. The van der Waals surface area contributed by atoms with Gasteiger partial charge in [0.2, 0.25) is 12.7 Å². The van der Waals surface area contributed by atoms with Crippen LogP contribution in [0.15, 0.2) is 71.9 Å². The number of nitrogens with zero attached hydrogens (tertiary/aromatic N) is 3. The van der Waals surface area contributed by atoms with Crippen LogP contribution in [0.2, 0.25) is 0 Å². The number of primary amides is 1. The normalized spacial score (nSPS) is 12.7. The number of nitrogens with two attached hydrogens (primary N) is 1. The second-order valence-electron chi connectivity index (χ2n) is 9.36. The maximum absolute atomic E-state index is 11.6. The van der Waals surface area contributed by atoms with Gasteiger partial charge in [-0.2, -0.15) is 0 Å². The van der Waals surface area contributed by atoms with Crippen LogP contribution in [0, 0.1) is 0 Å². The lowest BCUT2D eigenvalue weighted by Crippen LogP contribution is -2.10. The van der Waals surface area contributed by atoms with Crippen molar-refractivity contribution < 1.29 is 14.3 Å². The molecule has 2 N–H and O–H groups in total. The molecule has 5 rings (SSSR count). The summed E-state index contributed by atoms with van der Waals surface area (Å²) in [5.74, 6) is 2.30. The molecule has 1 aliphatic rings. The SMILES string of the molecule is CC(C)(C)c1ccc(-c2nnc(SCc3cccc(C(N)=O)c3)n2-c2ccc3c(c2)OCO3)cc1. The standard InChI is InChI=1S/C27H26N4O3S/c1-27(2,3)20-9-7-18(8-10-20)25-29-30-26(35-15-17-5-4-6-19(13-17)24(28)32)31(25)21-11-12-22-23(14-21)34-16-33-22/h4-14H,15-16H2,1-3H3,(H2,28,32). The molecule has 0 fully saturated rings. The third kappa shape index (κ3) is 4.74. The van der Waals surface area contributed by atoms with Crippen molar-refractivity contribution in [3.8, 4) is 28.6 Å². The molecule has 4 aromatic rings. The van der Waals surface area contributed by atoms with E-state index in [9.17, 15) is 4.79 Å². The van der Waals surface area contributed by atoms with Gasteiger partial charge in [0.05, 0.1) is 5.69 Å². The Kier molecular flexibility index (Phi) is 5.98. The smallest absolute Gasteiger partial charge is 0.248 e. The minimum Gasteiger partial charge on any atom is -0.454 e. The number of hydrogen-bond acceptors (Lipinski definition) is 6. The molecule has 178 valence electrons. The number of carbonyl (C=O) groups is 1. The summed E-state index contributed by atoms with van der Waals surface area (Å²) in [5, 5.41) is 9.80. The van der Waals surface area contributed by atoms with E-state index in [1.807, 2.05) is 41.0 Å². The Bertz CT molecular complexity index is 1390. The number of fused-ring (bicyclic) bond motifs is 1. The lowest BCUT2D eigenvalue weighted by molar-refractivity contribution is 0.1000. The number of rotatable bonds is 6. The fraction of sp³-hybridized carbons (Fsp3) is 0.222. The summed E-state index contributed by atoms with van der Waals surface area (Å²) >= 11 is 1.54. The molecule has 0 saturated carbocycles. The van der Waals surface area contributed by atoms with Crippen molar-refractivity contribution in [1.82, 2.24) is 14.8 Å². The van der Waals surface area contributed by atoms with Gasteiger partial charge in [0.15, 0.2) is 22.5 Å². The van der Waals surface area contributed by atoms with Gasteiger partial charge in [-0.1, -0.05) is 68.9 Å². The molecule has 1 aromatic heterocycles. The van der Waals surface area contributed by atoms with Gasteiger partial charge in [-0.3, -0.25) is 9.36 Å².